The van der Waals surface area contributed by atoms with Gasteiger partial charge in [-0.1, -0.05) is 30.0 Å². The normalized spacial score (nSPS) is 10.5. The van der Waals surface area contributed by atoms with Crippen LogP contribution in [0.2, 0.25) is 0 Å². The van der Waals surface area contributed by atoms with Crippen LogP contribution in [0, 0.1) is 0 Å². The van der Waals surface area contributed by atoms with E-state index in [0.717, 1.165) is 35.8 Å². The highest BCUT2D eigenvalue weighted by atomic mass is 32.1. The molecule has 5 nitrogen and oxygen atoms in total. The maximum Gasteiger partial charge on any atom is 0.271 e. The Morgan fingerprint density at radius 1 is 1.35 bits per heavy atom. The Labute approximate surface area is 122 Å². The highest BCUT2D eigenvalue weighted by molar-refractivity contribution is 7.08. The van der Waals surface area contributed by atoms with Crippen molar-refractivity contribution in [3.63, 3.8) is 0 Å². The molecular formula is C14H18N4OS. The number of hydrogen-bond acceptors (Lipinski definition) is 5. The molecule has 0 saturated heterocycles. The van der Waals surface area contributed by atoms with Crippen LogP contribution >= 0.6 is 11.5 Å². The standard InChI is InChI=1S/C14H18N4OS/c1-3-7-11-13(20-17-16-11)14(19)18(4-2)12-9-6-5-8-10(12)15/h5-6,8-9H,3-4,7,15H2,1-2H3. The number of amides is 1. The molecule has 1 aromatic carbocycles. The van der Waals surface area contributed by atoms with E-state index in [0.29, 0.717) is 17.1 Å². The van der Waals surface area contributed by atoms with Gasteiger partial charge in [0.05, 0.1) is 17.1 Å². The van der Waals surface area contributed by atoms with Crippen LogP contribution in [0.15, 0.2) is 24.3 Å². The second kappa shape index (κ2) is 6.47. The van der Waals surface area contributed by atoms with Gasteiger partial charge in [-0.3, -0.25) is 4.79 Å². The molecule has 1 amide bonds. The number of nitrogen functional groups attached to an aromatic ring is 1. The smallest absolute Gasteiger partial charge is 0.271 e. The third kappa shape index (κ3) is 2.80. The summed E-state index contributed by atoms with van der Waals surface area (Å²) in [6.45, 7) is 4.54. The van der Waals surface area contributed by atoms with Crippen molar-refractivity contribution in [1.82, 2.24) is 9.59 Å². The van der Waals surface area contributed by atoms with Gasteiger partial charge in [0.2, 0.25) is 0 Å². The number of benzene rings is 1. The quantitative estimate of drug-likeness (QED) is 0.859. The van der Waals surface area contributed by atoms with Gasteiger partial charge in [0.1, 0.15) is 4.88 Å². The van der Waals surface area contributed by atoms with Gasteiger partial charge in [0, 0.05) is 6.54 Å². The lowest BCUT2D eigenvalue weighted by atomic mass is 10.2. The van der Waals surface area contributed by atoms with Crippen molar-refractivity contribution in [2.75, 3.05) is 17.2 Å². The molecule has 0 aliphatic rings. The average Bonchev–Trinajstić information content (AvgIpc) is 2.90. The molecule has 106 valence electrons. The van der Waals surface area contributed by atoms with Gasteiger partial charge < -0.3 is 10.6 Å². The topological polar surface area (TPSA) is 72.1 Å². The van der Waals surface area contributed by atoms with Gasteiger partial charge in [0.25, 0.3) is 5.91 Å². The predicted molar refractivity (Wildman–Crippen MR) is 82.1 cm³/mol. The van der Waals surface area contributed by atoms with Crippen LogP contribution in [0.1, 0.15) is 35.6 Å². The fraction of sp³-hybridized carbons (Fsp3) is 0.357. The lowest BCUT2D eigenvalue weighted by molar-refractivity contribution is 0.0991. The molecule has 0 radical (unpaired) electrons. The lowest BCUT2D eigenvalue weighted by Gasteiger charge is -2.22. The van der Waals surface area contributed by atoms with Gasteiger partial charge in [-0.15, -0.1) is 5.10 Å². The van der Waals surface area contributed by atoms with Crippen LogP contribution in [0.25, 0.3) is 0 Å². The lowest BCUT2D eigenvalue weighted by Crippen LogP contribution is -2.31. The molecule has 0 saturated carbocycles. The summed E-state index contributed by atoms with van der Waals surface area (Å²) in [5.41, 5.74) is 8.06. The first-order valence-corrected chi connectivity index (χ1v) is 7.44. The summed E-state index contributed by atoms with van der Waals surface area (Å²) in [6.07, 6.45) is 1.70. The highest BCUT2D eigenvalue weighted by Gasteiger charge is 2.23. The number of hydrogen-bond donors (Lipinski definition) is 1. The number of aryl methyl sites for hydroxylation is 1. The summed E-state index contributed by atoms with van der Waals surface area (Å²) < 4.78 is 3.91. The van der Waals surface area contributed by atoms with Crippen molar-refractivity contribution in [3.8, 4) is 0 Å². The number of carbonyl (C=O) groups excluding carboxylic acids is 1. The van der Waals surface area contributed by atoms with Crippen LogP contribution in [0.3, 0.4) is 0 Å². The van der Waals surface area contributed by atoms with E-state index in [4.69, 9.17) is 5.73 Å². The molecule has 2 rings (SSSR count). The summed E-state index contributed by atoms with van der Waals surface area (Å²) >= 11 is 1.15. The first kappa shape index (κ1) is 14.5. The molecule has 1 aromatic heterocycles. The monoisotopic (exact) mass is 290 g/mol. The number of anilines is 2. The zero-order valence-electron chi connectivity index (χ0n) is 11.7. The van der Waals surface area contributed by atoms with E-state index in [1.807, 2.05) is 25.1 Å². The summed E-state index contributed by atoms with van der Waals surface area (Å²) in [4.78, 5) is 15.0. The van der Waals surface area contributed by atoms with E-state index in [-0.39, 0.29) is 5.91 Å². The minimum absolute atomic E-state index is 0.0798. The van der Waals surface area contributed by atoms with Crippen molar-refractivity contribution in [1.29, 1.82) is 0 Å². The fourth-order valence-corrected chi connectivity index (χ4v) is 2.71. The van der Waals surface area contributed by atoms with Gasteiger partial charge in [-0.2, -0.15) is 0 Å². The number of carbonyl (C=O) groups is 1. The first-order valence-electron chi connectivity index (χ1n) is 6.66. The van der Waals surface area contributed by atoms with Crippen molar-refractivity contribution in [2.45, 2.75) is 26.7 Å². The number of aromatic nitrogens is 2. The fourth-order valence-electron chi connectivity index (χ4n) is 2.05. The van der Waals surface area contributed by atoms with Crippen molar-refractivity contribution in [3.05, 3.63) is 34.8 Å². The molecule has 2 aromatic rings. The average molecular weight is 290 g/mol. The third-order valence-corrected chi connectivity index (χ3v) is 3.78. The molecular weight excluding hydrogens is 272 g/mol. The molecule has 0 atom stereocenters. The number of nitrogens with two attached hydrogens (primary N) is 1. The highest BCUT2D eigenvalue weighted by Crippen LogP contribution is 2.25. The Balaban J connectivity index is 2.34. The van der Waals surface area contributed by atoms with Crippen LogP contribution in [-0.4, -0.2) is 22.0 Å². The summed E-state index contributed by atoms with van der Waals surface area (Å²) in [5, 5.41) is 4.05. The van der Waals surface area contributed by atoms with Crippen LogP contribution in [-0.2, 0) is 6.42 Å². The maximum atomic E-state index is 12.7. The van der Waals surface area contributed by atoms with Crippen molar-refractivity contribution < 1.29 is 4.79 Å². The van der Waals surface area contributed by atoms with Crippen LogP contribution in [0.4, 0.5) is 11.4 Å². The van der Waals surface area contributed by atoms with E-state index in [9.17, 15) is 4.79 Å². The molecule has 0 aliphatic carbocycles. The Morgan fingerprint density at radius 3 is 2.75 bits per heavy atom. The van der Waals surface area contributed by atoms with E-state index < -0.39 is 0 Å². The van der Waals surface area contributed by atoms with E-state index in [1.54, 1.807) is 11.0 Å². The van der Waals surface area contributed by atoms with Gasteiger partial charge in [-0.05, 0) is 37.0 Å². The molecule has 2 N–H and O–H groups in total. The van der Waals surface area contributed by atoms with E-state index in [1.165, 1.54) is 0 Å². The Kier molecular flexibility index (Phi) is 4.68. The second-order valence-electron chi connectivity index (χ2n) is 4.41. The van der Waals surface area contributed by atoms with Crippen molar-refractivity contribution in [2.24, 2.45) is 0 Å². The Bertz CT molecular complexity index is 596. The predicted octanol–water partition coefficient (Wildman–Crippen LogP) is 2.74. The summed E-state index contributed by atoms with van der Waals surface area (Å²) in [7, 11) is 0. The SMILES string of the molecule is CCCc1nnsc1C(=O)N(CC)c1ccccc1N. The molecule has 0 aliphatic heterocycles. The molecule has 0 bridgehead atoms. The molecule has 1 heterocycles. The molecule has 0 unspecified atom stereocenters. The Morgan fingerprint density at radius 2 is 2.10 bits per heavy atom. The van der Waals surface area contributed by atoms with Crippen LogP contribution in [0.5, 0.6) is 0 Å². The van der Waals surface area contributed by atoms with Gasteiger partial charge in [-0.25, -0.2) is 0 Å². The van der Waals surface area contributed by atoms with E-state index in [2.05, 4.69) is 16.5 Å². The van der Waals surface area contributed by atoms with Gasteiger partial charge >= 0.3 is 0 Å². The minimum Gasteiger partial charge on any atom is -0.397 e. The maximum absolute atomic E-state index is 12.7. The zero-order valence-corrected chi connectivity index (χ0v) is 12.5. The summed E-state index contributed by atoms with van der Waals surface area (Å²) in [6, 6.07) is 7.38. The number of rotatable bonds is 5. The summed E-state index contributed by atoms with van der Waals surface area (Å²) in [5.74, 6) is -0.0798. The zero-order chi connectivity index (χ0) is 14.5. The van der Waals surface area contributed by atoms with E-state index >= 15 is 0 Å². The Hall–Kier alpha value is -1.95. The second-order valence-corrected chi connectivity index (χ2v) is 5.16. The molecule has 0 fully saturated rings. The number of para-hydroxylation sites is 2. The van der Waals surface area contributed by atoms with Gasteiger partial charge in [0.15, 0.2) is 0 Å². The number of nitrogens with zero attached hydrogens (tertiary/aromatic N) is 3. The molecule has 0 spiro atoms. The first-order chi connectivity index (χ1) is 9.69. The minimum atomic E-state index is -0.0798. The van der Waals surface area contributed by atoms with Crippen molar-refractivity contribution >= 4 is 28.8 Å². The third-order valence-electron chi connectivity index (χ3n) is 3.03. The largest absolute Gasteiger partial charge is 0.397 e. The molecule has 20 heavy (non-hydrogen) atoms. The molecule has 6 heteroatoms. The van der Waals surface area contributed by atoms with Crippen LogP contribution < -0.4 is 10.6 Å².